The van der Waals surface area contributed by atoms with Crippen molar-refractivity contribution in [2.45, 2.75) is 12.2 Å². The van der Waals surface area contributed by atoms with E-state index in [0.29, 0.717) is 23.4 Å². The second-order valence-electron chi connectivity index (χ2n) is 14.6. The molecule has 6 heteroatoms. The highest BCUT2D eigenvalue weighted by Gasteiger charge is 2.41. The number of hydrogen-bond acceptors (Lipinski definition) is 6. The Bertz CT molecular complexity index is 3180. The molecule has 55 heavy (non-hydrogen) atoms. The molecule has 0 saturated carbocycles. The third-order valence-corrected chi connectivity index (χ3v) is 11.4. The number of hydrogen-bond donors (Lipinski definition) is 0. The van der Waals surface area contributed by atoms with Crippen LogP contribution >= 0.6 is 0 Å². The SMILES string of the molecule is C1=CC2OC3C=C(c4nc(-c5ccc6ccccc6c5)nc(-c5cc(-c6ccc7c(c6)oc6ccccc67)cc6oc7ccccc7c56)n4)C=CC3C2C=C1. The number of fused-ring (bicyclic) bond motifs is 10. The van der Waals surface area contributed by atoms with E-state index in [0.717, 1.165) is 82.5 Å². The fraction of sp³-hybridized carbons (Fsp3) is 0.0816. The Morgan fingerprint density at radius 1 is 0.455 bits per heavy atom. The largest absolute Gasteiger partial charge is 0.456 e. The summed E-state index contributed by atoms with van der Waals surface area (Å²) in [6.45, 7) is 0. The van der Waals surface area contributed by atoms with Crippen LogP contribution in [0.15, 0.2) is 173 Å². The van der Waals surface area contributed by atoms with Crippen molar-refractivity contribution in [1.82, 2.24) is 15.0 Å². The molecule has 4 heterocycles. The fourth-order valence-corrected chi connectivity index (χ4v) is 8.75. The van der Waals surface area contributed by atoms with Crippen LogP contribution in [0, 0.1) is 11.8 Å². The number of ether oxygens (including phenoxy) is 1. The third-order valence-electron chi connectivity index (χ3n) is 11.4. The van der Waals surface area contributed by atoms with Crippen LogP contribution in [0.1, 0.15) is 5.82 Å². The van der Waals surface area contributed by atoms with Gasteiger partial charge in [-0.2, -0.15) is 0 Å². The van der Waals surface area contributed by atoms with E-state index in [1.165, 1.54) is 0 Å². The minimum atomic E-state index is -0.0762. The topological polar surface area (TPSA) is 74.2 Å². The fourth-order valence-electron chi connectivity index (χ4n) is 8.75. The molecule has 0 amide bonds. The molecule has 0 N–H and O–H groups in total. The van der Waals surface area contributed by atoms with Crippen LogP contribution < -0.4 is 0 Å². The Balaban J connectivity index is 1.08. The van der Waals surface area contributed by atoms with Gasteiger partial charge in [-0.05, 0) is 70.4 Å². The zero-order valence-corrected chi connectivity index (χ0v) is 29.5. The molecule has 0 bridgehead atoms. The summed E-state index contributed by atoms with van der Waals surface area (Å²) >= 11 is 0. The Morgan fingerprint density at radius 3 is 2.07 bits per heavy atom. The first-order valence-corrected chi connectivity index (χ1v) is 18.7. The second kappa shape index (κ2) is 11.8. The lowest BCUT2D eigenvalue weighted by molar-refractivity contribution is 0.0887. The van der Waals surface area contributed by atoms with Crippen molar-refractivity contribution in [3.63, 3.8) is 0 Å². The van der Waals surface area contributed by atoms with E-state index in [1.807, 2.05) is 36.4 Å². The maximum Gasteiger partial charge on any atom is 0.164 e. The molecule has 1 saturated heterocycles. The van der Waals surface area contributed by atoms with Crippen LogP contribution in [0.5, 0.6) is 0 Å². The van der Waals surface area contributed by atoms with Crippen LogP contribution in [0.4, 0.5) is 0 Å². The van der Waals surface area contributed by atoms with Gasteiger partial charge in [-0.3, -0.25) is 0 Å². The lowest BCUT2D eigenvalue weighted by Crippen LogP contribution is -2.20. The number of allylic oxidation sites excluding steroid dienone is 4. The molecular weight excluding hydrogens is 679 g/mol. The number of para-hydroxylation sites is 2. The van der Waals surface area contributed by atoms with Gasteiger partial charge >= 0.3 is 0 Å². The number of nitrogens with zero attached hydrogens (tertiary/aromatic N) is 3. The smallest absolute Gasteiger partial charge is 0.164 e. The Morgan fingerprint density at radius 2 is 1.15 bits per heavy atom. The summed E-state index contributed by atoms with van der Waals surface area (Å²) < 4.78 is 19.4. The van der Waals surface area contributed by atoms with Gasteiger partial charge in [0, 0.05) is 50.1 Å². The van der Waals surface area contributed by atoms with Crippen molar-refractivity contribution in [1.29, 1.82) is 0 Å². The van der Waals surface area contributed by atoms with Crippen molar-refractivity contribution in [2.24, 2.45) is 11.8 Å². The molecule has 9 aromatic rings. The summed E-state index contributed by atoms with van der Waals surface area (Å²) in [7, 11) is 0. The van der Waals surface area contributed by atoms with E-state index in [-0.39, 0.29) is 18.1 Å². The Hall–Kier alpha value is -6.89. The Labute approximate surface area is 315 Å². The quantitative estimate of drug-likeness (QED) is 0.181. The third kappa shape index (κ3) is 4.88. The average Bonchev–Trinajstić information content (AvgIpc) is 3.93. The molecule has 6 aromatic carbocycles. The van der Waals surface area contributed by atoms with Crippen LogP contribution in [0.2, 0.25) is 0 Å². The lowest BCUT2D eigenvalue weighted by atomic mass is 9.82. The van der Waals surface area contributed by atoms with Gasteiger partial charge < -0.3 is 13.6 Å². The Kier molecular flexibility index (Phi) is 6.56. The second-order valence-corrected chi connectivity index (χ2v) is 14.6. The predicted octanol–water partition coefficient (Wildman–Crippen LogP) is 11.9. The van der Waals surface area contributed by atoms with Crippen molar-refractivity contribution in [3.8, 4) is 33.9 Å². The highest BCUT2D eigenvalue weighted by atomic mass is 16.5. The molecule has 4 unspecified atom stereocenters. The van der Waals surface area contributed by atoms with E-state index in [2.05, 4.69) is 127 Å². The maximum atomic E-state index is 6.57. The van der Waals surface area contributed by atoms with E-state index >= 15 is 0 Å². The lowest BCUT2D eigenvalue weighted by Gasteiger charge is -2.21. The maximum absolute atomic E-state index is 6.57. The summed E-state index contributed by atoms with van der Waals surface area (Å²) in [4.78, 5) is 15.7. The highest BCUT2D eigenvalue weighted by molar-refractivity contribution is 6.13. The van der Waals surface area contributed by atoms with Gasteiger partial charge in [0.1, 0.15) is 22.3 Å². The molecule has 0 radical (unpaired) electrons. The predicted molar refractivity (Wildman–Crippen MR) is 219 cm³/mol. The molecule has 2 aliphatic carbocycles. The first-order chi connectivity index (χ1) is 27.2. The molecule has 3 aliphatic rings. The van der Waals surface area contributed by atoms with Crippen molar-refractivity contribution in [3.05, 3.63) is 170 Å². The molecule has 260 valence electrons. The van der Waals surface area contributed by atoms with Gasteiger partial charge in [0.2, 0.25) is 0 Å². The number of furan rings is 2. The van der Waals surface area contributed by atoms with Crippen molar-refractivity contribution >= 4 is 60.2 Å². The van der Waals surface area contributed by atoms with Gasteiger partial charge in [-0.15, -0.1) is 0 Å². The van der Waals surface area contributed by atoms with E-state index < -0.39 is 0 Å². The zero-order chi connectivity index (χ0) is 36.0. The normalized spacial score (nSPS) is 20.2. The van der Waals surface area contributed by atoms with Gasteiger partial charge in [-0.1, -0.05) is 115 Å². The van der Waals surface area contributed by atoms with E-state index in [1.54, 1.807) is 0 Å². The summed E-state index contributed by atoms with van der Waals surface area (Å²) in [5, 5.41) is 6.43. The van der Waals surface area contributed by atoms with Gasteiger partial charge in [0.25, 0.3) is 0 Å². The molecule has 1 fully saturated rings. The van der Waals surface area contributed by atoms with E-state index in [4.69, 9.17) is 28.5 Å². The standard InChI is InChI=1S/C49H31N3O3/c1-2-10-29-23-31(18-17-28(29)9-1)47-50-48(32-20-22-37-35-12-4-7-15-41(35)54-44(37)26-32)52-49(51-47)39-24-33(27-45-46(39)38-13-5-8-16-42(38)55-45)30-19-21-36-34-11-3-6-14-40(34)53-43(36)25-30/h1-27,35,37,41,44H. The summed E-state index contributed by atoms with van der Waals surface area (Å²) in [5.41, 5.74) is 7.94. The molecule has 3 aromatic heterocycles. The van der Waals surface area contributed by atoms with Crippen molar-refractivity contribution in [2.75, 3.05) is 0 Å². The zero-order valence-electron chi connectivity index (χ0n) is 29.5. The van der Waals surface area contributed by atoms with E-state index in [9.17, 15) is 0 Å². The highest BCUT2D eigenvalue weighted by Crippen LogP contribution is 2.43. The van der Waals surface area contributed by atoms with Gasteiger partial charge in [0.15, 0.2) is 17.5 Å². The monoisotopic (exact) mass is 709 g/mol. The van der Waals surface area contributed by atoms with Gasteiger partial charge in [0.05, 0.1) is 12.2 Å². The van der Waals surface area contributed by atoms with Crippen LogP contribution in [0.3, 0.4) is 0 Å². The average molecular weight is 710 g/mol. The van der Waals surface area contributed by atoms with Crippen LogP contribution in [-0.4, -0.2) is 27.2 Å². The molecule has 0 spiro atoms. The minimum Gasteiger partial charge on any atom is -0.456 e. The number of rotatable bonds is 4. The molecule has 4 atom stereocenters. The minimum absolute atomic E-state index is 0.0616. The molecule has 12 rings (SSSR count). The first kappa shape index (κ1) is 30.6. The number of benzene rings is 6. The van der Waals surface area contributed by atoms with Gasteiger partial charge in [-0.25, -0.2) is 15.0 Å². The summed E-state index contributed by atoms with van der Waals surface area (Å²) in [6.07, 6.45) is 15.2. The van der Waals surface area contributed by atoms with Crippen LogP contribution in [0.25, 0.3) is 94.1 Å². The summed E-state index contributed by atoms with van der Waals surface area (Å²) in [5.74, 6) is 2.34. The number of aromatic nitrogens is 3. The first-order valence-electron chi connectivity index (χ1n) is 18.7. The van der Waals surface area contributed by atoms with Crippen molar-refractivity contribution < 1.29 is 13.6 Å². The molecule has 1 aliphatic heterocycles. The molecular formula is C49H31N3O3. The summed E-state index contributed by atoms with van der Waals surface area (Å²) in [6, 6.07) is 41.7. The van der Waals surface area contributed by atoms with Crippen LogP contribution in [-0.2, 0) is 4.74 Å². The molecule has 6 nitrogen and oxygen atoms in total.